The second kappa shape index (κ2) is 14.2. The molecule has 6 N–H and O–H groups in total. The van der Waals surface area contributed by atoms with Gasteiger partial charge in [0.1, 0.15) is 5.75 Å². The highest BCUT2D eigenvalue weighted by Crippen LogP contribution is 2.50. The summed E-state index contributed by atoms with van der Waals surface area (Å²) >= 11 is 1.56. The number of nitrogens with one attached hydrogen (secondary N) is 3. The molecule has 0 unspecified atom stereocenters. The molecular formula is C29H40N4O5S2. The second-order valence-corrected chi connectivity index (χ2v) is 12.7. The number of hydrogen-bond acceptors (Lipinski definition) is 9. The fourth-order valence-corrected chi connectivity index (χ4v) is 7.30. The van der Waals surface area contributed by atoms with Crippen LogP contribution in [0, 0.1) is 0 Å². The number of nitrogens with zero attached hydrogens (tertiary/aromatic N) is 1. The maximum atomic E-state index is 13.6. The number of hydrogen-bond donors (Lipinski definition) is 6. The normalized spacial score (nSPS) is 17.1. The first-order valence-electron chi connectivity index (χ1n) is 13.6. The molecule has 0 aliphatic carbocycles. The highest BCUT2D eigenvalue weighted by molar-refractivity contribution is 8.25. The maximum Gasteiger partial charge on any atom is 0.251 e. The molecule has 0 bridgehead atoms. The third kappa shape index (κ3) is 7.90. The van der Waals surface area contributed by atoms with Crippen LogP contribution in [0.3, 0.4) is 0 Å². The van der Waals surface area contributed by atoms with E-state index >= 15 is 0 Å². The van der Waals surface area contributed by atoms with Crippen LogP contribution in [-0.4, -0.2) is 64.8 Å². The Kier molecular flexibility index (Phi) is 10.7. The highest BCUT2D eigenvalue weighted by Gasteiger charge is 2.28. The van der Waals surface area contributed by atoms with Crippen molar-refractivity contribution in [3.8, 4) is 5.75 Å². The van der Waals surface area contributed by atoms with Crippen LogP contribution in [0.4, 0.5) is 11.4 Å². The van der Waals surface area contributed by atoms with Crippen molar-refractivity contribution < 1.29 is 23.7 Å². The summed E-state index contributed by atoms with van der Waals surface area (Å²) in [6.45, 7) is 3.93. The molecule has 1 fully saturated rings. The van der Waals surface area contributed by atoms with E-state index in [-0.39, 0.29) is 12.5 Å². The Bertz CT molecular complexity index is 1240. The average Bonchev–Trinajstić information content (AvgIpc) is 3.40. The van der Waals surface area contributed by atoms with E-state index in [0.29, 0.717) is 43.1 Å². The van der Waals surface area contributed by atoms with Gasteiger partial charge in [-0.2, -0.15) is 0 Å². The van der Waals surface area contributed by atoms with Crippen LogP contribution in [0.1, 0.15) is 41.3 Å². The number of thiophene rings is 1. The van der Waals surface area contributed by atoms with Gasteiger partial charge in [0.25, 0.3) is 5.91 Å². The fourth-order valence-electron chi connectivity index (χ4n) is 4.82. The summed E-state index contributed by atoms with van der Waals surface area (Å²) in [4.78, 5) is 13.6. The Morgan fingerprint density at radius 2 is 1.95 bits per heavy atom. The molecule has 2 heterocycles. The molecule has 1 aliphatic rings. The summed E-state index contributed by atoms with van der Waals surface area (Å²) in [7, 11) is -1.31. The summed E-state index contributed by atoms with van der Waals surface area (Å²) in [6.07, 6.45) is 1.19. The van der Waals surface area contributed by atoms with Crippen LogP contribution < -0.4 is 25.0 Å². The van der Waals surface area contributed by atoms with Gasteiger partial charge in [0, 0.05) is 48.4 Å². The topological polar surface area (TPSA) is 126 Å². The zero-order valence-corrected chi connectivity index (χ0v) is 24.6. The molecule has 2 aromatic carbocycles. The van der Waals surface area contributed by atoms with Crippen LogP contribution >= 0.6 is 22.1 Å². The molecule has 4 rings (SSSR count). The summed E-state index contributed by atoms with van der Waals surface area (Å²) in [6, 6.07) is 14.5. The van der Waals surface area contributed by atoms with Crippen LogP contribution in [-0.2, 0) is 13.0 Å². The SMILES string of the molecule is CCNc1cc(C(=O)N[C@@H](Cc2ccccc2)[C@H](O)CNCc2cscc2OC)cc(N2CCCCS2(O)O)c1. The largest absolute Gasteiger partial charge is 0.496 e. The van der Waals surface area contributed by atoms with Crippen LogP contribution in [0.5, 0.6) is 5.75 Å². The molecule has 9 nitrogen and oxygen atoms in total. The van der Waals surface area contributed by atoms with Crippen molar-refractivity contribution >= 4 is 39.4 Å². The number of rotatable bonds is 13. The predicted molar refractivity (Wildman–Crippen MR) is 165 cm³/mol. The third-order valence-electron chi connectivity index (χ3n) is 6.90. The maximum absolute atomic E-state index is 13.6. The molecule has 11 heteroatoms. The van der Waals surface area contributed by atoms with E-state index < -0.39 is 22.9 Å². The Morgan fingerprint density at radius 1 is 1.15 bits per heavy atom. The van der Waals surface area contributed by atoms with Gasteiger partial charge in [0.2, 0.25) is 0 Å². The van der Waals surface area contributed by atoms with Gasteiger partial charge in [0.05, 0.1) is 30.7 Å². The van der Waals surface area contributed by atoms with Crippen molar-refractivity contribution in [2.24, 2.45) is 0 Å². The summed E-state index contributed by atoms with van der Waals surface area (Å²) < 4.78 is 28.4. The highest BCUT2D eigenvalue weighted by atomic mass is 32.3. The standard InChI is InChI=1S/C29H40N4O5S2/c1-3-31-24-14-22(15-25(16-24)33-11-7-8-12-40(33,36)37)29(35)32-26(13-21-9-5-4-6-10-21)27(34)18-30-17-23-19-39-20-28(23)38-2/h4-6,9-10,14-16,19-20,26-27,30-31,34,36-37H,3,7-8,11-13,17-18H2,1-2H3,(H,32,35)/t26-,27+/m0/s1. The quantitative estimate of drug-likeness (QED) is 0.166. The molecule has 2 atom stereocenters. The van der Waals surface area contributed by atoms with Crippen molar-refractivity contribution in [2.75, 3.05) is 42.1 Å². The van der Waals surface area contributed by atoms with Gasteiger partial charge in [-0.25, -0.2) is 0 Å². The summed E-state index contributed by atoms with van der Waals surface area (Å²) in [5.41, 5.74) is 3.71. The number of aliphatic hydroxyl groups is 1. The molecule has 1 amide bonds. The average molecular weight is 589 g/mol. The number of carbonyl (C=O) groups is 1. The lowest BCUT2D eigenvalue weighted by Crippen LogP contribution is -2.48. The van der Waals surface area contributed by atoms with Gasteiger partial charge >= 0.3 is 0 Å². The zero-order valence-electron chi connectivity index (χ0n) is 23.0. The summed E-state index contributed by atoms with van der Waals surface area (Å²) in [5, 5.41) is 24.7. The Morgan fingerprint density at radius 3 is 2.67 bits per heavy atom. The zero-order chi connectivity index (χ0) is 28.5. The fraction of sp³-hybridized carbons (Fsp3) is 0.414. The van der Waals surface area contributed by atoms with Crippen molar-refractivity contribution in [1.82, 2.24) is 10.6 Å². The van der Waals surface area contributed by atoms with E-state index in [0.717, 1.165) is 35.4 Å². The molecule has 0 radical (unpaired) electrons. The van der Waals surface area contributed by atoms with Gasteiger partial charge in [-0.3, -0.25) is 18.2 Å². The molecular weight excluding hydrogens is 548 g/mol. The number of methoxy groups -OCH3 is 1. The Labute approximate surface area is 242 Å². The van der Waals surface area contributed by atoms with Crippen molar-refractivity contribution in [1.29, 1.82) is 0 Å². The summed E-state index contributed by atoms with van der Waals surface area (Å²) in [5.74, 6) is 0.784. The molecule has 0 saturated carbocycles. The van der Waals surface area contributed by atoms with Gasteiger partial charge in [-0.05, 0) is 55.3 Å². The van der Waals surface area contributed by atoms with E-state index in [1.165, 1.54) is 0 Å². The lowest BCUT2D eigenvalue weighted by atomic mass is 10.00. The first-order valence-corrected chi connectivity index (χ1v) is 16.2. The molecule has 218 valence electrons. The molecule has 40 heavy (non-hydrogen) atoms. The Balaban J connectivity index is 1.53. The van der Waals surface area contributed by atoms with E-state index in [2.05, 4.69) is 16.0 Å². The molecule has 1 aromatic heterocycles. The second-order valence-electron chi connectivity index (χ2n) is 9.88. The van der Waals surface area contributed by atoms with Gasteiger partial charge in [0.15, 0.2) is 0 Å². The lowest BCUT2D eigenvalue weighted by molar-refractivity contribution is 0.0830. The van der Waals surface area contributed by atoms with E-state index in [1.54, 1.807) is 34.9 Å². The van der Waals surface area contributed by atoms with Gasteiger partial charge in [-0.1, -0.05) is 30.3 Å². The van der Waals surface area contributed by atoms with Crippen molar-refractivity contribution in [2.45, 2.75) is 44.9 Å². The first kappa shape index (κ1) is 30.2. The number of anilines is 2. The minimum absolute atomic E-state index is 0.272. The minimum Gasteiger partial charge on any atom is -0.496 e. The number of carbonyl (C=O) groups excluding carboxylic acids is 1. The number of amides is 1. The number of aliphatic hydroxyl groups excluding tert-OH is 1. The molecule has 0 spiro atoms. The predicted octanol–water partition coefficient (Wildman–Crippen LogP) is 4.95. The van der Waals surface area contributed by atoms with Gasteiger partial charge in [-0.15, -0.1) is 22.1 Å². The monoisotopic (exact) mass is 588 g/mol. The minimum atomic E-state index is -2.94. The van der Waals surface area contributed by atoms with E-state index in [4.69, 9.17) is 4.74 Å². The molecule has 1 aliphatic heterocycles. The smallest absolute Gasteiger partial charge is 0.251 e. The first-order chi connectivity index (χ1) is 19.3. The molecule has 3 aromatic rings. The van der Waals surface area contributed by atoms with Crippen LogP contribution in [0.25, 0.3) is 0 Å². The van der Waals surface area contributed by atoms with E-state index in [1.807, 2.05) is 54.1 Å². The Hall–Kier alpha value is -2.80. The van der Waals surface area contributed by atoms with Crippen molar-refractivity contribution in [3.63, 3.8) is 0 Å². The van der Waals surface area contributed by atoms with Gasteiger partial charge < -0.3 is 25.8 Å². The van der Waals surface area contributed by atoms with E-state index in [9.17, 15) is 19.0 Å². The van der Waals surface area contributed by atoms with Crippen LogP contribution in [0.15, 0.2) is 59.3 Å². The number of benzene rings is 2. The van der Waals surface area contributed by atoms with Crippen molar-refractivity contribution in [3.05, 3.63) is 76.0 Å². The third-order valence-corrected chi connectivity index (χ3v) is 9.61. The molecule has 1 saturated heterocycles. The number of ether oxygens (including phenoxy) is 1. The van der Waals surface area contributed by atoms with Crippen LogP contribution in [0.2, 0.25) is 0 Å². The lowest BCUT2D eigenvalue weighted by Gasteiger charge is -2.47.